The standard InChI is InChI=1S/C25H31N6O5P/c1-19(13-31-17-29-23-24(26)27-16-28-25(23)31)35-18-37(33,36-15-21-10-6-3-7-11-21)30-12-22(32)34-14-20-8-4-2-5-9-20/h2-11,16,19,29H,12-15,17-18H2,1H3,(H,30,33)(H2,26,27,28)/t19-,37?/m1/s1. The molecular formula is C25H31N6O5P. The molecule has 4 N–H and O–H groups in total. The van der Waals surface area contributed by atoms with E-state index < -0.39 is 13.5 Å². The van der Waals surface area contributed by atoms with Crippen molar-refractivity contribution < 1.29 is 23.4 Å². The number of nitrogens with zero attached hydrogens (tertiary/aromatic N) is 3. The average Bonchev–Trinajstić information content (AvgIpc) is 3.33. The van der Waals surface area contributed by atoms with Crippen LogP contribution in [0, 0.1) is 0 Å². The second-order valence-electron chi connectivity index (χ2n) is 8.53. The fourth-order valence-electron chi connectivity index (χ4n) is 3.64. The maximum absolute atomic E-state index is 13.6. The summed E-state index contributed by atoms with van der Waals surface area (Å²) in [6.45, 7) is 2.77. The number of nitrogens with two attached hydrogens (primary N) is 1. The van der Waals surface area contributed by atoms with E-state index in [2.05, 4.69) is 20.4 Å². The van der Waals surface area contributed by atoms with Gasteiger partial charge in [0, 0.05) is 6.54 Å². The second-order valence-corrected chi connectivity index (χ2v) is 10.7. The molecule has 0 bridgehead atoms. The Bertz CT molecular complexity index is 1220. The van der Waals surface area contributed by atoms with Crippen LogP contribution in [0.4, 0.5) is 17.3 Å². The Balaban J connectivity index is 1.32. The highest BCUT2D eigenvalue weighted by Crippen LogP contribution is 2.43. The van der Waals surface area contributed by atoms with E-state index in [4.69, 9.17) is 19.7 Å². The highest BCUT2D eigenvalue weighted by molar-refractivity contribution is 7.56. The van der Waals surface area contributed by atoms with Gasteiger partial charge in [0.15, 0.2) is 11.6 Å². The number of hydrogen-bond acceptors (Lipinski definition) is 10. The molecule has 11 nitrogen and oxygen atoms in total. The third-order valence-corrected chi connectivity index (χ3v) is 7.27. The summed E-state index contributed by atoms with van der Waals surface area (Å²) in [6, 6.07) is 18.7. The Morgan fingerprint density at radius 2 is 1.78 bits per heavy atom. The summed E-state index contributed by atoms with van der Waals surface area (Å²) in [6.07, 6.45) is 0.850. The molecule has 3 aromatic rings. The fourth-order valence-corrected chi connectivity index (χ4v) is 5.08. The quantitative estimate of drug-likeness (QED) is 0.223. The largest absolute Gasteiger partial charge is 0.460 e. The third kappa shape index (κ3) is 7.74. The van der Waals surface area contributed by atoms with Gasteiger partial charge >= 0.3 is 5.97 Å². The molecule has 4 rings (SSSR count). The number of hydrogen-bond donors (Lipinski definition) is 3. The third-order valence-electron chi connectivity index (χ3n) is 5.60. The van der Waals surface area contributed by atoms with Crippen molar-refractivity contribution in [1.29, 1.82) is 0 Å². The molecule has 2 atom stereocenters. The van der Waals surface area contributed by atoms with Crippen molar-refractivity contribution in [2.45, 2.75) is 26.2 Å². The first-order valence-corrected chi connectivity index (χ1v) is 13.7. The Labute approximate surface area is 215 Å². The number of fused-ring (bicyclic) bond motifs is 1. The minimum Gasteiger partial charge on any atom is -0.460 e. The molecule has 1 aliphatic rings. The molecule has 37 heavy (non-hydrogen) atoms. The zero-order valence-electron chi connectivity index (χ0n) is 20.6. The Hall–Kier alpha value is -3.50. The van der Waals surface area contributed by atoms with Crippen LogP contribution in [0.5, 0.6) is 0 Å². The Kier molecular flexibility index (Phi) is 9.08. The van der Waals surface area contributed by atoms with Crippen LogP contribution in [0.3, 0.4) is 0 Å². The molecule has 1 aliphatic heterocycles. The van der Waals surface area contributed by atoms with Crippen molar-refractivity contribution in [1.82, 2.24) is 15.1 Å². The molecule has 0 fully saturated rings. The van der Waals surface area contributed by atoms with Crippen LogP contribution in [-0.4, -0.2) is 48.1 Å². The van der Waals surface area contributed by atoms with Crippen molar-refractivity contribution >= 4 is 30.8 Å². The zero-order valence-corrected chi connectivity index (χ0v) is 21.5. The normalized spacial score (nSPS) is 14.9. The van der Waals surface area contributed by atoms with E-state index in [1.165, 1.54) is 6.33 Å². The lowest BCUT2D eigenvalue weighted by Gasteiger charge is -2.25. The first kappa shape index (κ1) is 26.6. The summed E-state index contributed by atoms with van der Waals surface area (Å²) in [5.41, 5.74) is 8.30. The zero-order chi connectivity index (χ0) is 26.1. The first-order chi connectivity index (χ1) is 17.9. The van der Waals surface area contributed by atoms with Gasteiger partial charge < -0.3 is 29.9 Å². The highest BCUT2D eigenvalue weighted by atomic mass is 31.2. The molecule has 0 amide bonds. The molecule has 2 aromatic carbocycles. The van der Waals surface area contributed by atoms with Crippen LogP contribution < -0.4 is 21.0 Å². The molecule has 0 aliphatic carbocycles. The first-order valence-electron chi connectivity index (χ1n) is 11.8. The van der Waals surface area contributed by atoms with Gasteiger partial charge in [-0.1, -0.05) is 60.7 Å². The minimum absolute atomic E-state index is 0.0987. The molecule has 196 valence electrons. The van der Waals surface area contributed by atoms with E-state index in [0.29, 0.717) is 30.5 Å². The molecule has 0 radical (unpaired) electrons. The van der Waals surface area contributed by atoms with Crippen molar-refractivity contribution in [3.05, 3.63) is 78.1 Å². The number of carbonyl (C=O) groups excluding carboxylic acids is 1. The SMILES string of the molecule is C[C@H](CN1CNc2c(N)ncnc21)OCP(=O)(NCC(=O)OCc1ccccc1)OCc1ccccc1. The van der Waals surface area contributed by atoms with Crippen LogP contribution >= 0.6 is 7.52 Å². The van der Waals surface area contributed by atoms with Gasteiger partial charge in [0.05, 0.1) is 19.4 Å². The summed E-state index contributed by atoms with van der Waals surface area (Å²) in [4.78, 5) is 22.6. The summed E-state index contributed by atoms with van der Waals surface area (Å²) < 4.78 is 30.6. The molecule has 0 saturated carbocycles. The fraction of sp³-hybridized carbons (Fsp3) is 0.320. The van der Waals surface area contributed by atoms with Crippen LogP contribution in [0.1, 0.15) is 18.1 Å². The van der Waals surface area contributed by atoms with E-state index in [-0.39, 0.29) is 32.2 Å². The average molecular weight is 527 g/mol. The number of benzene rings is 2. The molecule has 1 unspecified atom stereocenters. The smallest absolute Gasteiger partial charge is 0.320 e. The lowest BCUT2D eigenvalue weighted by atomic mass is 10.2. The van der Waals surface area contributed by atoms with Gasteiger partial charge in [-0.05, 0) is 18.1 Å². The molecule has 2 heterocycles. The summed E-state index contributed by atoms with van der Waals surface area (Å²) in [5, 5.41) is 5.91. The van der Waals surface area contributed by atoms with Crippen molar-refractivity contribution in [3.63, 3.8) is 0 Å². The van der Waals surface area contributed by atoms with Gasteiger partial charge in [0.1, 0.15) is 31.5 Å². The minimum atomic E-state index is -3.56. The maximum atomic E-state index is 13.6. The summed E-state index contributed by atoms with van der Waals surface area (Å²) in [7, 11) is -3.56. The van der Waals surface area contributed by atoms with E-state index in [9.17, 15) is 9.36 Å². The van der Waals surface area contributed by atoms with E-state index in [1.807, 2.05) is 72.5 Å². The molecule has 12 heteroatoms. The molecular weight excluding hydrogens is 495 g/mol. The van der Waals surface area contributed by atoms with E-state index in [0.717, 1.165) is 11.1 Å². The number of nitrogen functional groups attached to an aromatic ring is 1. The molecule has 0 saturated heterocycles. The number of aromatic nitrogens is 2. The van der Waals surface area contributed by atoms with Gasteiger partial charge in [0.25, 0.3) is 7.52 Å². The number of nitrogens with one attached hydrogen (secondary N) is 2. The number of esters is 1. The van der Waals surface area contributed by atoms with Crippen LogP contribution in [0.15, 0.2) is 67.0 Å². The molecule has 0 spiro atoms. The topological polar surface area (TPSA) is 141 Å². The van der Waals surface area contributed by atoms with Gasteiger partial charge in [-0.25, -0.2) is 15.1 Å². The Morgan fingerprint density at radius 1 is 1.11 bits per heavy atom. The van der Waals surface area contributed by atoms with Gasteiger partial charge in [0.2, 0.25) is 0 Å². The summed E-state index contributed by atoms with van der Waals surface area (Å²) in [5.74, 6) is 0.520. The van der Waals surface area contributed by atoms with Gasteiger partial charge in [-0.2, -0.15) is 0 Å². The van der Waals surface area contributed by atoms with E-state index >= 15 is 0 Å². The van der Waals surface area contributed by atoms with Crippen molar-refractivity contribution in [2.75, 3.05) is 42.1 Å². The van der Waals surface area contributed by atoms with Crippen LogP contribution in [0.25, 0.3) is 0 Å². The van der Waals surface area contributed by atoms with Crippen molar-refractivity contribution in [3.8, 4) is 0 Å². The Morgan fingerprint density at radius 3 is 2.49 bits per heavy atom. The number of rotatable bonds is 13. The monoisotopic (exact) mass is 526 g/mol. The second kappa shape index (κ2) is 12.6. The summed E-state index contributed by atoms with van der Waals surface area (Å²) >= 11 is 0. The molecule has 1 aromatic heterocycles. The van der Waals surface area contributed by atoms with Crippen LogP contribution in [0.2, 0.25) is 0 Å². The van der Waals surface area contributed by atoms with Crippen molar-refractivity contribution in [2.24, 2.45) is 0 Å². The number of carbonyl (C=O) groups is 1. The lowest BCUT2D eigenvalue weighted by molar-refractivity contribution is -0.143. The number of anilines is 3. The maximum Gasteiger partial charge on any atom is 0.320 e. The van der Waals surface area contributed by atoms with E-state index in [1.54, 1.807) is 0 Å². The highest BCUT2D eigenvalue weighted by Gasteiger charge is 2.28. The van der Waals surface area contributed by atoms with Gasteiger partial charge in [-0.15, -0.1) is 0 Å². The predicted molar refractivity (Wildman–Crippen MR) is 141 cm³/mol. The predicted octanol–water partition coefficient (Wildman–Crippen LogP) is 3.35. The lowest BCUT2D eigenvalue weighted by Crippen LogP contribution is -2.33. The number of ether oxygens (including phenoxy) is 2. The van der Waals surface area contributed by atoms with Crippen LogP contribution in [-0.2, 0) is 36.6 Å². The van der Waals surface area contributed by atoms with Gasteiger partial charge in [-0.3, -0.25) is 9.36 Å².